The first kappa shape index (κ1) is 22.2. The lowest BCUT2D eigenvalue weighted by Crippen LogP contribution is -2.03. The van der Waals surface area contributed by atoms with E-state index in [0.29, 0.717) is 26.4 Å². The summed E-state index contributed by atoms with van der Waals surface area (Å²) < 4.78 is 26.9. The molecule has 1 aromatic rings. The van der Waals surface area contributed by atoms with Gasteiger partial charge in [-0.1, -0.05) is 0 Å². The Morgan fingerprint density at radius 2 is 1.09 bits per heavy atom. The third-order valence-corrected chi connectivity index (χ3v) is 8.04. The van der Waals surface area contributed by atoms with Crippen molar-refractivity contribution in [2.45, 2.75) is 27.7 Å². The molecule has 0 aliphatic heterocycles. The molecule has 0 aromatic carbocycles. The van der Waals surface area contributed by atoms with Crippen LogP contribution < -0.4 is 0 Å². The van der Waals surface area contributed by atoms with Crippen molar-refractivity contribution in [2.75, 3.05) is 26.4 Å². The summed E-state index contributed by atoms with van der Waals surface area (Å²) in [6.45, 7) is 3.09. The van der Waals surface area contributed by atoms with Crippen LogP contribution in [-0.2, 0) is 46.0 Å². The summed E-state index contributed by atoms with van der Waals surface area (Å²) in [5.41, 5.74) is 0. The van der Waals surface area contributed by atoms with Crippen molar-refractivity contribution in [2.24, 2.45) is 0 Å². The summed E-state index contributed by atoms with van der Waals surface area (Å²) >= 11 is 10.4. The fourth-order valence-electron chi connectivity index (χ4n) is 1.09. The van der Waals surface area contributed by atoms with E-state index in [9.17, 15) is 0 Å². The highest BCUT2D eigenvalue weighted by Crippen LogP contribution is 2.66. The standard InChI is InChI=1S/C8H20O5P2S2.C2H3N3/c1-5-9-14(16,10-6-2)13-15(17,11-7-3)12-8-4;1-2-4-5-3-1/h5-8H2,1-4H3;1-2H,(H,3,4,5). The van der Waals surface area contributed by atoms with E-state index in [1.807, 2.05) is 27.7 Å². The Hall–Kier alpha value is 0.240. The Labute approximate surface area is 141 Å². The summed E-state index contributed by atoms with van der Waals surface area (Å²) in [6.07, 6.45) is 3.17. The van der Waals surface area contributed by atoms with Crippen molar-refractivity contribution in [1.82, 2.24) is 15.4 Å². The molecular weight excluding hydrogens is 368 g/mol. The monoisotopic (exact) mass is 391 g/mol. The van der Waals surface area contributed by atoms with Gasteiger partial charge in [0, 0.05) is 0 Å². The average molecular weight is 391 g/mol. The van der Waals surface area contributed by atoms with Crippen molar-refractivity contribution in [3.63, 3.8) is 0 Å². The molecule has 0 aliphatic rings. The largest absolute Gasteiger partial charge is 0.334 e. The van der Waals surface area contributed by atoms with Crippen molar-refractivity contribution >= 4 is 37.1 Å². The number of rotatable bonds is 10. The van der Waals surface area contributed by atoms with Gasteiger partial charge >= 0.3 is 13.4 Å². The number of nitrogens with zero attached hydrogens (tertiary/aromatic N) is 2. The predicted molar refractivity (Wildman–Crippen MR) is 92.5 cm³/mol. The van der Waals surface area contributed by atoms with E-state index in [-0.39, 0.29) is 0 Å². The number of aromatic nitrogens is 3. The van der Waals surface area contributed by atoms with Gasteiger partial charge in [-0.25, -0.2) is 4.31 Å². The molecule has 0 atom stereocenters. The molecule has 0 bridgehead atoms. The van der Waals surface area contributed by atoms with Crippen molar-refractivity contribution < 1.29 is 22.4 Å². The molecular formula is C10H23N3O5P2S2. The Morgan fingerprint density at radius 3 is 1.27 bits per heavy atom. The van der Waals surface area contributed by atoms with Crippen molar-refractivity contribution in [3.8, 4) is 0 Å². The number of hydrogen-bond acceptors (Lipinski definition) is 9. The summed E-state index contributed by atoms with van der Waals surface area (Å²) in [5, 5.41) is 9.33. The van der Waals surface area contributed by atoms with Gasteiger partial charge in [0.25, 0.3) is 0 Å². The molecule has 1 N–H and O–H groups in total. The molecule has 0 saturated heterocycles. The quantitative estimate of drug-likeness (QED) is 0.603. The highest BCUT2D eigenvalue weighted by atomic mass is 32.5. The lowest BCUT2D eigenvalue weighted by molar-refractivity contribution is 0.176. The highest BCUT2D eigenvalue weighted by Gasteiger charge is 2.31. The maximum atomic E-state index is 5.55. The van der Waals surface area contributed by atoms with Gasteiger partial charge in [0.05, 0.1) is 38.8 Å². The van der Waals surface area contributed by atoms with Gasteiger partial charge in [-0.2, -0.15) is 15.4 Å². The van der Waals surface area contributed by atoms with Crippen LogP contribution in [0.25, 0.3) is 0 Å². The Morgan fingerprint density at radius 1 is 0.773 bits per heavy atom. The zero-order valence-corrected chi connectivity index (χ0v) is 16.6. The molecule has 22 heavy (non-hydrogen) atoms. The van der Waals surface area contributed by atoms with Crippen LogP contribution in [0.3, 0.4) is 0 Å². The predicted octanol–water partition coefficient (Wildman–Crippen LogP) is 3.40. The van der Waals surface area contributed by atoms with E-state index >= 15 is 0 Å². The molecule has 0 aliphatic carbocycles. The van der Waals surface area contributed by atoms with Gasteiger partial charge < -0.3 is 18.1 Å². The molecule has 0 unspecified atom stereocenters. The van der Waals surface area contributed by atoms with Gasteiger partial charge in [0.15, 0.2) is 0 Å². The molecule has 0 spiro atoms. The highest BCUT2D eigenvalue weighted by molar-refractivity contribution is 8.14. The summed E-state index contributed by atoms with van der Waals surface area (Å²) in [7, 11) is 0. The van der Waals surface area contributed by atoms with Crippen LogP contribution in [0.15, 0.2) is 12.4 Å². The van der Waals surface area contributed by atoms with Crippen LogP contribution >= 0.6 is 13.4 Å². The third kappa shape index (κ3) is 10.1. The second kappa shape index (κ2) is 12.6. The number of H-pyrrole nitrogens is 1. The minimum absolute atomic E-state index is 0.394. The molecule has 0 amide bonds. The average Bonchev–Trinajstić information content (AvgIpc) is 2.98. The number of hydrogen-bond donors (Lipinski definition) is 1. The number of nitrogens with one attached hydrogen (secondary N) is 1. The lowest BCUT2D eigenvalue weighted by atomic mass is 10.9. The van der Waals surface area contributed by atoms with Crippen molar-refractivity contribution in [1.29, 1.82) is 0 Å². The van der Waals surface area contributed by atoms with Crippen LogP contribution in [0.4, 0.5) is 0 Å². The molecule has 1 aromatic heterocycles. The molecule has 0 radical (unpaired) electrons. The minimum Gasteiger partial charge on any atom is -0.309 e. The molecule has 0 saturated carbocycles. The summed E-state index contributed by atoms with van der Waals surface area (Å²) in [5.74, 6) is 0. The SMILES string of the molecule is CCOP(=S)(OCC)OP(=S)(OCC)OCC.c1cn[nH]n1. The molecule has 1 heterocycles. The van der Waals surface area contributed by atoms with Gasteiger partial charge in [0.1, 0.15) is 0 Å². The van der Waals surface area contributed by atoms with E-state index in [1.54, 1.807) is 12.4 Å². The van der Waals surface area contributed by atoms with Gasteiger partial charge in [0.2, 0.25) is 0 Å². The smallest absolute Gasteiger partial charge is 0.309 e. The van der Waals surface area contributed by atoms with Crippen LogP contribution in [0.2, 0.25) is 0 Å². The van der Waals surface area contributed by atoms with Crippen LogP contribution in [0.1, 0.15) is 27.7 Å². The zero-order valence-electron chi connectivity index (χ0n) is 13.1. The van der Waals surface area contributed by atoms with Gasteiger partial charge in [-0.05, 0) is 51.3 Å². The van der Waals surface area contributed by atoms with Gasteiger partial charge in [-0.15, -0.1) is 0 Å². The first-order valence-electron chi connectivity index (χ1n) is 6.74. The van der Waals surface area contributed by atoms with E-state index in [4.69, 9.17) is 46.0 Å². The molecule has 12 heteroatoms. The summed E-state index contributed by atoms with van der Waals surface area (Å²) in [4.78, 5) is 0. The summed E-state index contributed by atoms with van der Waals surface area (Å²) in [6, 6.07) is 0. The first-order chi connectivity index (χ1) is 10.4. The van der Waals surface area contributed by atoms with Gasteiger partial charge in [-0.3, -0.25) is 0 Å². The second-order valence-electron chi connectivity index (χ2n) is 3.30. The van der Waals surface area contributed by atoms with Crippen LogP contribution in [-0.4, -0.2) is 41.8 Å². The van der Waals surface area contributed by atoms with Crippen LogP contribution in [0, 0.1) is 0 Å². The fourth-order valence-corrected chi connectivity index (χ4v) is 7.46. The van der Waals surface area contributed by atoms with E-state index in [1.165, 1.54) is 0 Å². The lowest BCUT2D eigenvalue weighted by Gasteiger charge is -2.27. The minimum atomic E-state index is -2.87. The Bertz CT molecular complexity index is 398. The molecule has 1 rings (SSSR count). The topological polar surface area (TPSA) is 87.7 Å². The Balaban J connectivity index is 0.000000734. The first-order valence-corrected chi connectivity index (χ1v) is 11.9. The zero-order chi connectivity index (χ0) is 16.9. The maximum Gasteiger partial charge on any atom is 0.334 e. The fraction of sp³-hybridized carbons (Fsp3) is 0.800. The maximum absolute atomic E-state index is 5.55. The van der Waals surface area contributed by atoms with E-state index < -0.39 is 13.4 Å². The van der Waals surface area contributed by atoms with E-state index in [2.05, 4.69) is 15.4 Å². The van der Waals surface area contributed by atoms with Crippen LogP contribution in [0.5, 0.6) is 0 Å². The third-order valence-electron chi connectivity index (χ3n) is 1.68. The van der Waals surface area contributed by atoms with E-state index in [0.717, 1.165) is 0 Å². The molecule has 0 fully saturated rings. The second-order valence-corrected chi connectivity index (χ2v) is 9.46. The van der Waals surface area contributed by atoms with Crippen molar-refractivity contribution in [3.05, 3.63) is 12.4 Å². The normalized spacial score (nSPS) is 11.8. The molecule has 130 valence electrons. The number of aromatic amines is 1. The molecule has 8 nitrogen and oxygen atoms in total. The Kier molecular flexibility index (Phi) is 12.8.